The second-order valence-corrected chi connectivity index (χ2v) is 4.79. The predicted molar refractivity (Wildman–Crippen MR) is 50.2 cm³/mol. The van der Waals surface area contributed by atoms with Crippen LogP contribution in [0.1, 0.15) is 39.5 Å². The van der Waals surface area contributed by atoms with Gasteiger partial charge >= 0.3 is 5.97 Å². The molecule has 1 aliphatic carbocycles. The van der Waals surface area contributed by atoms with E-state index in [-0.39, 0.29) is 12.1 Å². The Kier molecular flexibility index (Phi) is 2.31. The molecule has 2 rings (SSSR count). The van der Waals surface area contributed by atoms with Crippen molar-refractivity contribution in [3.63, 3.8) is 0 Å². The zero-order valence-corrected chi connectivity index (χ0v) is 8.45. The third-order valence-corrected chi connectivity index (χ3v) is 3.61. The lowest BCUT2D eigenvalue weighted by Crippen LogP contribution is -2.41. The molecule has 0 amide bonds. The van der Waals surface area contributed by atoms with Crippen molar-refractivity contribution in [3.05, 3.63) is 0 Å². The molecule has 0 aromatic rings. The topological polar surface area (TPSA) is 26.3 Å². The lowest BCUT2D eigenvalue weighted by Gasteiger charge is -2.41. The van der Waals surface area contributed by atoms with Crippen molar-refractivity contribution in [1.82, 2.24) is 0 Å². The van der Waals surface area contributed by atoms with E-state index in [4.69, 9.17) is 4.74 Å². The second-order valence-electron chi connectivity index (χ2n) is 4.79. The van der Waals surface area contributed by atoms with E-state index in [0.29, 0.717) is 18.3 Å². The van der Waals surface area contributed by atoms with Crippen molar-refractivity contribution in [1.29, 1.82) is 0 Å². The molecular weight excluding hydrogens is 164 g/mol. The Morgan fingerprint density at radius 3 is 2.85 bits per heavy atom. The molecule has 0 radical (unpaired) electrons. The van der Waals surface area contributed by atoms with Crippen LogP contribution in [0.5, 0.6) is 0 Å². The van der Waals surface area contributed by atoms with Crippen LogP contribution in [0, 0.1) is 17.8 Å². The van der Waals surface area contributed by atoms with Gasteiger partial charge in [0.05, 0.1) is 0 Å². The third-order valence-electron chi connectivity index (χ3n) is 3.61. The summed E-state index contributed by atoms with van der Waals surface area (Å²) < 4.78 is 5.39. The van der Waals surface area contributed by atoms with Crippen LogP contribution in [0.15, 0.2) is 0 Å². The van der Waals surface area contributed by atoms with Gasteiger partial charge in [0.1, 0.15) is 6.10 Å². The van der Waals surface area contributed by atoms with Crippen LogP contribution in [-0.2, 0) is 9.53 Å². The van der Waals surface area contributed by atoms with Gasteiger partial charge in [0.15, 0.2) is 0 Å². The average molecular weight is 182 g/mol. The number of carbonyl (C=O) groups is 1. The largest absolute Gasteiger partial charge is 0.462 e. The summed E-state index contributed by atoms with van der Waals surface area (Å²) in [7, 11) is 0. The van der Waals surface area contributed by atoms with Crippen LogP contribution in [0.4, 0.5) is 0 Å². The number of rotatable bonds is 0. The third kappa shape index (κ3) is 1.72. The summed E-state index contributed by atoms with van der Waals surface area (Å²) in [5.41, 5.74) is 0. The van der Waals surface area contributed by atoms with Crippen molar-refractivity contribution in [2.75, 3.05) is 0 Å². The lowest BCUT2D eigenvalue weighted by molar-refractivity contribution is -0.166. The molecule has 4 atom stereocenters. The predicted octanol–water partition coefficient (Wildman–Crippen LogP) is 2.37. The van der Waals surface area contributed by atoms with Gasteiger partial charge in [-0.2, -0.15) is 0 Å². The maximum atomic E-state index is 11.2. The molecule has 2 fully saturated rings. The normalized spacial score (nSPS) is 45.2. The van der Waals surface area contributed by atoms with Crippen LogP contribution in [0.3, 0.4) is 0 Å². The van der Waals surface area contributed by atoms with E-state index in [2.05, 4.69) is 13.8 Å². The Morgan fingerprint density at radius 1 is 1.31 bits per heavy atom. The molecule has 13 heavy (non-hydrogen) atoms. The van der Waals surface area contributed by atoms with Gasteiger partial charge in [0.2, 0.25) is 0 Å². The van der Waals surface area contributed by atoms with E-state index in [1.54, 1.807) is 0 Å². The standard InChI is InChI=1S/C11H18O2/c1-7-3-4-9-8(2)6-11(12)13-10(9)5-7/h7-10H,3-6H2,1-2H3/t7-,8-,9+,10-/m1/s1. The van der Waals surface area contributed by atoms with Gasteiger partial charge in [-0.05, 0) is 30.6 Å². The molecule has 0 aromatic carbocycles. The maximum Gasteiger partial charge on any atom is 0.306 e. The van der Waals surface area contributed by atoms with E-state index in [9.17, 15) is 4.79 Å². The fourth-order valence-corrected chi connectivity index (χ4v) is 2.77. The highest BCUT2D eigenvalue weighted by Crippen LogP contribution is 2.39. The van der Waals surface area contributed by atoms with Crippen LogP contribution >= 0.6 is 0 Å². The molecule has 2 nitrogen and oxygen atoms in total. The van der Waals surface area contributed by atoms with Gasteiger partial charge in [-0.15, -0.1) is 0 Å². The quantitative estimate of drug-likeness (QED) is 0.538. The van der Waals surface area contributed by atoms with Crippen LogP contribution in [0.25, 0.3) is 0 Å². The first-order chi connectivity index (χ1) is 6.16. The van der Waals surface area contributed by atoms with E-state index in [0.717, 1.165) is 12.3 Å². The number of hydrogen-bond donors (Lipinski definition) is 0. The Hall–Kier alpha value is -0.530. The van der Waals surface area contributed by atoms with Crippen molar-refractivity contribution < 1.29 is 9.53 Å². The molecule has 1 saturated heterocycles. The van der Waals surface area contributed by atoms with Crippen LogP contribution < -0.4 is 0 Å². The van der Waals surface area contributed by atoms with Crippen molar-refractivity contribution >= 4 is 5.97 Å². The van der Waals surface area contributed by atoms with Gasteiger partial charge in [0, 0.05) is 6.42 Å². The van der Waals surface area contributed by atoms with Gasteiger partial charge in [0.25, 0.3) is 0 Å². The molecule has 1 aliphatic heterocycles. The summed E-state index contributed by atoms with van der Waals surface area (Å²) >= 11 is 0. The number of esters is 1. The zero-order chi connectivity index (χ0) is 9.42. The summed E-state index contributed by atoms with van der Waals surface area (Å²) in [4.78, 5) is 11.2. The summed E-state index contributed by atoms with van der Waals surface area (Å²) in [6.07, 6.45) is 4.51. The minimum atomic E-state index is 0.0165. The van der Waals surface area contributed by atoms with E-state index >= 15 is 0 Å². The molecule has 2 heteroatoms. The molecule has 1 heterocycles. The minimum Gasteiger partial charge on any atom is -0.462 e. The Labute approximate surface area is 79.7 Å². The number of carbonyl (C=O) groups excluding carboxylic acids is 1. The van der Waals surface area contributed by atoms with Crippen LogP contribution in [-0.4, -0.2) is 12.1 Å². The molecule has 0 bridgehead atoms. The molecule has 0 spiro atoms. The first kappa shape index (κ1) is 9.04. The molecule has 0 N–H and O–H groups in total. The number of hydrogen-bond acceptors (Lipinski definition) is 2. The SMILES string of the molecule is C[C@@H]1CC[C@H]2[C@H](C)CC(=O)O[C@@H]2C1. The summed E-state index contributed by atoms with van der Waals surface area (Å²) in [5.74, 6) is 1.94. The monoisotopic (exact) mass is 182 g/mol. The van der Waals surface area contributed by atoms with Gasteiger partial charge < -0.3 is 4.74 Å². The van der Waals surface area contributed by atoms with Gasteiger partial charge in [-0.3, -0.25) is 4.79 Å². The highest BCUT2D eigenvalue weighted by Gasteiger charge is 2.39. The Bertz CT molecular complexity index is 212. The minimum absolute atomic E-state index is 0.0165. The smallest absolute Gasteiger partial charge is 0.306 e. The average Bonchev–Trinajstić information content (AvgIpc) is 2.02. The van der Waals surface area contributed by atoms with Crippen molar-refractivity contribution in [2.24, 2.45) is 17.8 Å². The van der Waals surface area contributed by atoms with Crippen LogP contribution in [0.2, 0.25) is 0 Å². The Balaban J connectivity index is 2.06. The lowest BCUT2D eigenvalue weighted by atomic mass is 9.72. The van der Waals surface area contributed by atoms with Gasteiger partial charge in [-0.25, -0.2) is 0 Å². The molecular formula is C11H18O2. The number of ether oxygens (including phenoxy) is 1. The fraction of sp³-hybridized carbons (Fsp3) is 0.909. The maximum absolute atomic E-state index is 11.2. The van der Waals surface area contributed by atoms with E-state index in [1.165, 1.54) is 12.8 Å². The van der Waals surface area contributed by atoms with E-state index < -0.39 is 0 Å². The highest BCUT2D eigenvalue weighted by atomic mass is 16.5. The second kappa shape index (κ2) is 3.32. The molecule has 1 saturated carbocycles. The Morgan fingerprint density at radius 2 is 2.08 bits per heavy atom. The number of fused-ring (bicyclic) bond motifs is 1. The first-order valence-corrected chi connectivity index (χ1v) is 5.36. The molecule has 0 aromatic heterocycles. The van der Waals surface area contributed by atoms with E-state index in [1.807, 2.05) is 0 Å². The fourth-order valence-electron chi connectivity index (χ4n) is 2.77. The van der Waals surface area contributed by atoms with Crippen molar-refractivity contribution in [2.45, 2.75) is 45.6 Å². The summed E-state index contributed by atoms with van der Waals surface area (Å²) in [6, 6.07) is 0. The van der Waals surface area contributed by atoms with Gasteiger partial charge in [-0.1, -0.05) is 20.3 Å². The zero-order valence-electron chi connectivity index (χ0n) is 8.45. The van der Waals surface area contributed by atoms with Crippen molar-refractivity contribution in [3.8, 4) is 0 Å². The highest BCUT2D eigenvalue weighted by molar-refractivity contribution is 5.70. The summed E-state index contributed by atoms with van der Waals surface area (Å²) in [5, 5.41) is 0. The molecule has 74 valence electrons. The first-order valence-electron chi connectivity index (χ1n) is 5.36. The summed E-state index contributed by atoms with van der Waals surface area (Å²) in [6.45, 7) is 4.44. The molecule has 2 aliphatic rings. The molecule has 0 unspecified atom stereocenters.